The van der Waals surface area contributed by atoms with Crippen molar-refractivity contribution in [3.63, 3.8) is 0 Å². The Labute approximate surface area is 82.8 Å². The molecule has 1 aliphatic heterocycles. The minimum absolute atomic E-state index is 0.147. The molecule has 3 nitrogen and oxygen atoms in total. The molecule has 0 unspecified atom stereocenters. The molecule has 1 aliphatic carbocycles. The van der Waals surface area contributed by atoms with Crippen molar-refractivity contribution in [1.82, 2.24) is 0 Å². The fourth-order valence-electron chi connectivity index (χ4n) is 1.87. The van der Waals surface area contributed by atoms with Crippen molar-refractivity contribution in [2.45, 2.75) is 18.4 Å². The van der Waals surface area contributed by atoms with Gasteiger partial charge in [0, 0.05) is 11.1 Å². The standard InChI is InChI=1S/C11H13NO2/c12-11(4-5-11)8-2-1-3-9-10(8)14-7-6-13-9/h1-3H,4-7,12H2. The Bertz CT molecular complexity index is 372. The summed E-state index contributed by atoms with van der Waals surface area (Å²) in [6.07, 6.45) is 2.10. The summed E-state index contributed by atoms with van der Waals surface area (Å²) in [5, 5.41) is 0. The first kappa shape index (κ1) is 8.12. The maximum Gasteiger partial charge on any atom is 0.166 e. The van der Waals surface area contributed by atoms with Crippen molar-refractivity contribution in [1.29, 1.82) is 0 Å². The Morgan fingerprint density at radius 2 is 1.93 bits per heavy atom. The lowest BCUT2D eigenvalue weighted by Crippen LogP contribution is -2.23. The molecule has 0 saturated heterocycles. The molecule has 3 heteroatoms. The van der Waals surface area contributed by atoms with Gasteiger partial charge in [-0.25, -0.2) is 0 Å². The lowest BCUT2D eigenvalue weighted by Gasteiger charge is -2.23. The van der Waals surface area contributed by atoms with Crippen LogP contribution in [0.5, 0.6) is 11.5 Å². The van der Waals surface area contributed by atoms with E-state index in [1.54, 1.807) is 0 Å². The summed E-state index contributed by atoms with van der Waals surface area (Å²) in [4.78, 5) is 0. The van der Waals surface area contributed by atoms with Gasteiger partial charge in [-0.05, 0) is 18.9 Å². The Morgan fingerprint density at radius 1 is 1.14 bits per heavy atom. The molecule has 1 fully saturated rings. The lowest BCUT2D eigenvalue weighted by molar-refractivity contribution is 0.169. The number of ether oxygens (including phenoxy) is 2. The molecule has 0 atom stereocenters. The van der Waals surface area contributed by atoms with Crippen LogP contribution in [0.4, 0.5) is 0 Å². The average Bonchev–Trinajstić information content (AvgIpc) is 2.97. The number of para-hydroxylation sites is 1. The van der Waals surface area contributed by atoms with Crippen molar-refractivity contribution < 1.29 is 9.47 Å². The SMILES string of the molecule is NC1(c2cccc3c2OCCO3)CC1. The zero-order valence-electron chi connectivity index (χ0n) is 7.95. The van der Waals surface area contributed by atoms with Crippen LogP contribution in [0.1, 0.15) is 18.4 Å². The van der Waals surface area contributed by atoms with Gasteiger partial charge in [0.05, 0.1) is 0 Å². The lowest BCUT2D eigenvalue weighted by atomic mass is 10.0. The van der Waals surface area contributed by atoms with Gasteiger partial charge in [-0.3, -0.25) is 0 Å². The van der Waals surface area contributed by atoms with Gasteiger partial charge < -0.3 is 15.2 Å². The van der Waals surface area contributed by atoms with Crippen LogP contribution in [0.2, 0.25) is 0 Å². The van der Waals surface area contributed by atoms with Crippen LogP contribution in [-0.2, 0) is 5.54 Å². The normalized spacial score (nSPS) is 21.8. The highest BCUT2D eigenvalue weighted by atomic mass is 16.6. The van der Waals surface area contributed by atoms with Gasteiger partial charge in [0.25, 0.3) is 0 Å². The highest BCUT2D eigenvalue weighted by Crippen LogP contribution is 2.49. The highest BCUT2D eigenvalue weighted by molar-refractivity contribution is 5.52. The van der Waals surface area contributed by atoms with Gasteiger partial charge in [-0.15, -0.1) is 0 Å². The smallest absolute Gasteiger partial charge is 0.166 e. The van der Waals surface area contributed by atoms with Gasteiger partial charge in [0.2, 0.25) is 0 Å². The quantitative estimate of drug-likeness (QED) is 0.729. The summed E-state index contributed by atoms with van der Waals surface area (Å²) in [5.41, 5.74) is 7.12. The summed E-state index contributed by atoms with van der Waals surface area (Å²) in [6.45, 7) is 1.26. The van der Waals surface area contributed by atoms with Gasteiger partial charge in [0.15, 0.2) is 11.5 Å². The largest absolute Gasteiger partial charge is 0.486 e. The van der Waals surface area contributed by atoms with Crippen molar-refractivity contribution >= 4 is 0 Å². The van der Waals surface area contributed by atoms with Crippen molar-refractivity contribution in [3.8, 4) is 11.5 Å². The Kier molecular flexibility index (Phi) is 1.53. The van der Waals surface area contributed by atoms with E-state index in [0.717, 1.165) is 29.9 Å². The number of hydrogen-bond acceptors (Lipinski definition) is 3. The number of rotatable bonds is 1. The van der Waals surface area contributed by atoms with Crippen LogP contribution in [0.15, 0.2) is 18.2 Å². The molecule has 1 saturated carbocycles. The summed E-state index contributed by atoms with van der Waals surface area (Å²) in [5.74, 6) is 1.70. The minimum atomic E-state index is -0.147. The second kappa shape index (κ2) is 2.64. The number of nitrogens with two attached hydrogens (primary N) is 1. The van der Waals surface area contributed by atoms with Crippen LogP contribution < -0.4 is 15.2 Å². The van der Waals surface area contributed by atoms with E-state index in [4.69, 9.17) is 15.2 Å². The first-order chi connectivity index (χ1) is 6.80. The van der Waals surface area contributed by atoms with E-state index in [1.165, 1.54) is 0 Å². The molecule has 14 heavy (non-hydrogen) atoms. The predicted octanol–water partition coefficient (Wildman–Crippen LogP) is 1.41. The fraction of sp³-hybridized carbons (Fsp3) is 0.455. The van der Waals surface area contributed by atoms with Gasteiger partial charge >= 0.3 is 0 Å². The minimum Gasteiger partial charge on any atom is -0.486 e. The molecule has 3 rings (SSSR count). The first-order valence-electron chi connectivity index (χ1n) is 4.98. The summed E-state index contributed by atoms with van der Waals surface area (Å²) in [6, 6.07) is 5.96. The molecule has 1 heterocycles. The summed E-state index contributed by atoms with van der Waals surface area (Å²) < 4.78 is 11.1. The Morgan fingerprint density at radius 3 is 2.71 bits per heavy atom. The molecule has 74 valence electrons. The third kappa shape index (κ3) is 1.09. The topological polar surface area (TPSA) is 44.5 Å². The van der Waals surface area contributed by atoms with E-state index >= 15 is 0 Å². The van der Waals surface area contributed by atoms with Crippen molar-refractivity contribution in [2.75, 3.05) is 13.2 Å². The molecule has 2 aliphatic rings. The molecule has 0 spiro atoms. The Hall–Kier alpha value is -1.22. The van der Waals surface area contributed by atoms with E-state index in [2.05, 4.69) is 0 Å². The van der Waals surface area contributed by atoms with E-state index in [0.29, 0.717) is 13.2 Å². The second-order valence-electron chi connectivity index (χ2n) is 3.99. The summed E-state index contributed by atoms with van der Waals surface area (Å²) in [7, 11) is 0. The van der Waals surface area contributed by atoms with Gasteiger partial charge in [-0.2, -0.15) is 0 Å². The maximum absolute atomic E-state index is 6.16. The van der Waals surface area contributed by atoms with Crippen molar-refractivity contribution in [2.24, 2.45) is 5.73 Å². The van der Waals surface area contributed by atoms with Crippen LogP contribution in [-0.4, -0.2) is 13.2 Å². The van der Waals surface area contributed by atoms with E-state index < -0.39 is 0 Å². The average molecular weight is 191 g/mol. The maximum atomic E-state index is 6.16. The molecule has 0 amide bonds. The van der Waals surface area contributed by atoms with Gasteiger partial charge in [-0.1, -0.05) is 12.1 Å². The molecule has 0 radical (unpaired) electrons. The van der Waals surface area contributed by atoms with Crippen LogP contribution >= 0.6 is 0 Å². The fourth-order valence-corrected chi connectivity index (χ4v) is 1.87. The summed E-state index contributed by atoms with van der Waals surface area (Å²) >= 11 is 0. The van der Waals surface area contributed by atoms with E-state index in [9.17, 15) is 0 Å². The molecule has 1 aromatic rings. The number of benzene rings is 1. The second-order valence-corrected chi connectivity index (χ2v) is 3.99. The molecule has 2 N–H and O–H groups in total. The van der Waals surface area contributed by atoms with Gasteiger partial charge in [0.1, 0.15) is 13.2 Å². The van der Waals surface area contributed by atoms with Crippen LogP contribution in [0.3, 0.4) is 0 Å². The Balaban J connectivity index is 2.11. The monoisotopic (exact) mass is 191 g/mol. The molecule has 1 aromatic carbocycles. The zero-order chi connectivity index (χ0) is 9.60. The molecule has 0 aromatic heterocycles. The van der Waals surface area contributed by atoms with Crippen molar-refractivity contribution in [3.05, 3.63) is 23.8 Å². The molecule has 0 bridgehead atoms. The predicted molar refractivity (Wildman–Crippen MR) is 52.5 cm³/mol. The number of hydrogen-bond donors (Lipinski definition) is 1. The third-order valence-corrected chi connectivity index (χ3v) is 2.89. The van der Waals surface area contributed by atoms with Crippen LogP contribution in [0, 0.1) is 0 Å². The van der Waals surface area contributed by atoms with E-state index in [-0.39, 0.29) is 5.54 Å². The first-order valence-corrected chi connectivity index (χ1v) is 4.98. The third-order valence-electron chi connectivity index (χ3n) is 2.89. The highest BCUT2D eigenvalue weighted by Gasteiger charge is 2.43. The van der Waals surface area contributed by atoms with Crippen LogP contribution in [0.25, 0.3) is 0 Å². The van der Waals surface area contributed by atoms with E-state index in [1.807, 2.05) is 18.2 Å². The molecular weight excluding hydrogens is 178 g/mol. The molecular formula is C11H13NO2. The number of fused-ring (bicyclic) bond motifs is 1. The zero-order valence-corrected chi connectivity index (χ0v) is 7.95.